The second kappa shape index (κ2) is 6.93. The van der Waals surface area contributed by atoms with Crippen LogP contribution in [0.15, 0.2) is 30.5 Å². The molecule has 3 rings (SSSR count). The fraction of sp³-hybridized carbons (Fsp3) is 0.312. The molecule has 0 bridgehead atoms. The minimum atomic E-state index is -0.589. The van der Waals surface area contributed by atoms with E-state index < -0.39 is 6.04 Å². The maximum Gasteiger partial charge on any atom is 0.326 e. The van der Waals surface area contributed by atoms with E-state index in [1.807, 2.05) is 0 Å². The number of aromatic nitrogens is 2. The molecule has 1 saturated heterocycles. The van der Waals surface area contributed by atoms with E-state index in [2.05, 4.69) is 10.4 Å². The van der Waals surface area contributed by atoms with Crippen molar-refractivity contribution in [1.82, 2.24) is 20.0 Å². The summed E-state index contributed by atoms with van der Waals surface area (Å²) in [4.78, 5) is 27.9. The van der Waals surface area contributed by atoms with Crippen LogP contribution in [0.4, 0.5) is 10.6 Å². The molecule has 1 fully saturated rings. The van der Waals surface area contributed by atoms with Crippen molar-refractivity contribution in [3.05, 3.63) is 46.1 Å². The van der Waals surface area contributed by atoms with E-state index in [9.17, 15) is 9.59 Å². The van der Waals surface area contributed by atoms with Gasteiger partial charge in [0.25, 0.3) is 0 Å². The Morgan fingerprint density at radius 3 is 2.72 bits per heavy atom. The predicted octanol–water partition coefficient (Wildman–Crippen LogP) is 2.28. The maximum atomic E-state index is 12.5. The number of benzene rings is 1. The van der Waals surface area contributed by atoms with Gasteiger partial charge < -0.3 is 10.2 Å². The number of hydrogen-bond acceptors (Lipinski definition) is 3. The molecule has 1 aromatic carbocycles. The lowest BCUT2D eigenvalue weighted by Gasteiger charge is -2.17. The van der Waals surface area contributed by atoms with Gasteiger partial charge in [0.15, 0.2) is 0 Å². The van der Waals surface area contributed by atoms with Crippen LogP contribution in [0, 0.1) is 0 Å². The number of aryl methyl sites for hydroxylation is 1. The standard InChI is InChI=1S/C16H17Cl2N5O2/c1-21-13(9-23(16(21)25)14-5-6-20-22(14)2)15(24)19-8-10-3-4-11(17)7-12(10)18/h3-7,13H,8-9H2,1-2H3,(H,19,24)/t13-/m0/s1. The van der Waals surface area contributed by atoms with Crippen molar-refractivity contribution in [1.29, 1.82) is 0 Å². The quantitative estimate of drug-likeness (QED) is 0.882. The van der Waals surface area contributed by atoms with Crippen molar-refractivity contribution in [2.24, 2.45) is 7.05 Å². The predicted molar refractivity (Wildman–Crippen MR) is 95.8 cm³/mol. The summed E-state index contributed by atoms with van der Waals surface area (Å²) in [7, 11) is 3.36. The van der Waals surface area contributed by atoms with E-state index in [0.29, 0.717) is 15.9 Å². The number of nitrogens with zero attached hydrogens (tertiary/aromatic N) is 4. The number of carbonyl (C=O) groups excluding carboxylic acids is 2. The Hall–Kier alpha value is -2.25. The average molecular weight is 382 g/mol. The van der Waals surface area contributed by atoms with Gasteiger partial charge in [-0.15, -0.1) is 0 Å². The SMILES string of the molecule is CN1C(=O)N(c2ccnn2C)C[C@H]1C(=O)NCc1ccc(Cl)cc1Cl. The van der Waals surface area contributed by atoms with Crippen LogP contribution in [-0.4, -0.2) is 46.3 Å². The lowest BCUT2D eigenvalue weighted by molar-refractivity contribution is -0.124. The molecule has 25 heavy (non-hydrogen) atoms. The van der Waals surface area contributed by atoms with Gasteiger partial charge >= 0.3 is 6.03 Å². The Bertz CT molecular complexity index is 823. The molecule has 3 amide bonds. The second-order valence-electron chi connectivity index (χ2n) is 5.79. The Morgan fingerprint density at radius 2 is 2.08 bits per heavy atom. The van der Waals surface area contributed by atoms with Crippen molar-refractivity contribution >= 4 is 41.0 Å². The van der Waals surface area contributed by atoms with Gasteiger partial charge in [-0.3, -0.25) is 14.4 Å². The summed E-state index contributed by atoms with van der Waals surface area (Å²) in [6.45, 7) is 0.522. The summed E-state index contributed by atoms with van der Waals surface area (Å²) in [5.41, 5.74) is 0.759. The van der Waals surface area contributed by atoms with Crippen LogP contribution in [-0.2, 0) is 18.4 Å². The van der Waals surface area contributed by atoms with E-state index in [4.69, 9.17) is 23.2 Å². The van der Waals surface area contributed by atoms with Gasteiger partial charge in [0.2, 0.25) is 5.91 Å². The van der Waals surface area contributed by atoms with Crippen molar-refractivity contribution in [3.63, 3.8) is 0 Å². The van der Waals surface area contributed by atoms with Gasteiger partial charge in [0.05, 0.1) is 12.7 Å². The number of likely N-dealkylation sites (N-methyl/N-ethyl adjacent to an activating group) is 1. The Balaban J connectivity index is 1.68. The van der Waals surface area contributed by atoms with Gasteiger partial charge in [0.1, 0.15) is 11.9 Å². The third-order valence-electron chi connectivity index (χ3n) is 4.20. The molecule has 132 valence electrons. The van der Waals surface area contributed by atoms with E-state index in [1.165, 1.54) is 9.80 Å². The average Bonchev–Trinajstić information content (AvgIpc) is 3.11. The molecule has 0 radical (unpaired) electrons. The molecule has 1 aliphatic heterocycles. The molecule has 1 aromatic heterocycles. The third kappa shape index (κ3) is 3.43. The molecule has 2 aromatic rings. The molecule has 0 spiro atoms. The Labute approximate surface area is 155 Å². The van der Waals surface area contributed by atoms with E-state index in [0.717, 1.165) is 5.56 Å². The zero-order valence-electron chi connectivity index (χ0n) is 13.7. The number of anilines is 1. The molecule has 2 heterocycles. The fourth-order valence-corrected chi connectivity index (χ4v) is 3.22. The third-order valence-corrected chi connectivity index (χ3v) is 4.79. The highest BCUT2D eigenvalue weighted by Gasteiger charge is 2.40. The van der Waals surface area contributed by atoms with Gasteiger partial charge in [0, 0.05) is 36.8 Å². The normalized spacial score (nSPS) is 17.3. The van der Waals surface area contributed by atoms with Gasteiger partial charge in [-0.05, 0) is 17.7 Å². The molecule has 0 unspecified atom stereocenters. The number of rotatable bonds is 4. The lowest BCUT2D eigenvalue weighted by atomic mass is 10.2. The summed E-state index contributed by atoms with van der Waals surface area (Å²) in [6, 6.07) is 6.00. The smallest absolute Gasteiger partial charge is 0.326 e. The van der Waals surface area contributed by atoms with Crippen LogP contribution in [0.3, 0.4) is 0 Å². The first kappa shape index (κ1) is 17.6. The first-order valence-electron chi connectivity index (χ1n) is 7.62. The number of hydrogen-bond donors (Lipinski definition) is 1. The lowest BCUT2D eigenvalue weighted by Crippen LogP contribution is -2.43. The molecule has 9 heteroatoms. The summed E-state index contributed by atoms with van der Waals surface area (Å²) >= 11 is 12.0. The zero-order valence-corrected chi connectivity index (χ0v) is 15.3. The number of carbonyl (C=O) groups is 2. The second-order valence-corrected chi connectivity index (χ2v) is 6.63. The highest BCUT2D eigenvalue weighted by atomic mass is 35.5. The largest absolute Gasteiger partial charge is 0.350 e. The number of nitrogens with one attached hydrogen (secondary N) is 1. The summed E-state index contributed by atoms with van der Waals surface area (Å²) in [5.74, 6) is 0.402. The van der Waals surface area contributed by atoms with E-state index in [-0.39, 0.29) is 25.0 Å². The number of amides is 3. The topological polar surface area (TPSA) is 70.5 Å². The van der Waals surface area contributed by atoms with Gasteiger partial charge in [-0.25, -0.2) is 4.79 Å². The van der Waals surface area contributed by atoms with Crippen LogP contribution in [0.2, 0.25) is 10.0 Å². The first-order valence-corrected chi connectivity index (χ1v) is 8.38. The fourth-order valence-electron chi connectivity index (χ4n) is 2.74. The summed E-state index contributed by atoms with van der Waals surface area (Å²) < 4.78 is 1.60. The van der Waals surface area contributed by atoms with Crippen LogP contribution in [0.1, 0.15) is 5.56 Å². The maximum absolute atomic E-state index is 12.5. The summed E-state index contributed by atoms with van der Waals surface area (Å²) in [6.07, 6.45) is 1.61. The molecule has 1 N–H and O–H groups in total. The van der Waals surface area contributed by atoms with Gasteiger partial charge in [-0.1, -0.05) is 29.3 Å². The van der Waals surface area contributed by atoms with Crippen LogP contribution in [0.5, 0.6) is 0 Å². The van der Waals surface area contributed by atoms with Crippen LogP contribution < -0.4 is 10.2 Å². The first-order chi connectivity index (χ1) is 11.9. The van der Waals surface area contributed by atoms with E-state index in [1.54, 1.807) is 49.2 Å². The Kier molecular flexibility index (Phi) is 4.87. The monoisotopic (exact) mass is 381 g/mol. The molecule has 0 aliphatic carbocycles. The van der Waals surface area contributed by atoms with E-state index >= 15 is 0 Å². The van der Waals surface area contributed by atoms with Gasteiger partial charge in [-0.2, -0.15) is 5.10 Å². The highest BCUT2D eigenvalue weighted by molar-refractivity contribution is 6.35. The Morgan fingerprint density at radius 1 is 1.32 bits per heavy atom. The number of urea groups is 1. The van der Waals surface area contributed by atoms with Crippen molar-refractivity contribution < 1.29 is 9.59 Å². The zero-order chi connectivity index (χ0) is 18.1. The van der Waals surface area contributed by atoms with Crippen molar-refractivity contribution in [2.45, 2.75) is 12.6 Å². The van der Waals surface area contributed by atoms with Crippen molar-refractivity contribution in [3.8, 4) is 0 Å². The summed E-state index contributed by atoms with van der Waals surface area (Å²) in [5, 5.41) is 7.91. The molecule has 0 saturated carbocycles. The molecule has 7 nitrogen and oxygen atoms in total. The van der Waals surface area contributed by atoms with Crippen LogP contribution in [0.25, 0.3) is 0 Å². The molecule has 1 aliphatic rings. The minimum absolute atomic E-state index is 0.242. The highest BCUT2D eigenvalue weighted by Crippen LogP contribution is 2.23. The number of halogens is 2. The molecular formula is C16H17Cl2N5O2. The molecule has 1 atom stereocenters. The minimum Gasteiger partial charge on any atom is -0.350 e. The molecular weight excluding hydrogens is 365 g/mol. The van der Waals surface area contributed by atoms with Crippen LogP contribution >= 0.6 is 23.2 Å². The van der Waals surface area contributed by atoms with Crippen molar-refractivity contribution in [2.75, 3.05) is 18.5 Å².